The predicted octanol–water partition coefficient (Wildman–Crippen LogP) is 3.99. The molecule has 0 saturated carbocycles. The molecule has 0 fully saturated rings. The Bertz CT molecular complexity index is 901. The van der Waals surface area contributed by atoms with E-state index in [4.69, 9.17) is 27.6 Å². The summed E-state index contributed by atoms with van der Waals surface area (Å²) in [6.45, 7) is 0.424. The van der Waals surface area contributed by atoms with E-state index in [9.17, 15) is 4.79 Å². The molecule has 2 aromatic heterocycles. The van der Waals surface area contributed by atoms with E-state index < -0.39 is 0 Å². The van der Waals surface area contributed by atoms with Gasteiger partial charge in [0.2, 0.25) is 5.91 Å². The maximum atomic E-state index is 11.7. The minimum Gasteiger partial charge on any atom is -0.455 e. The van der Waals surface area contributed by atoms with E-state index >= 15 is 0 Å². The zero-order chi connectivity index (χ0) is 17.6. The quantitative estimate of drug-likeness (QED) is 0.522. The lowest BCUT2D eigenvalue weighted by Gasteiger charge is -2.00. The van der Waals surface area contributed by atoms with Crippen molar-refractivity contribution in [2.24, 2.45) is 5.10 Å². The molecule has 3 aromatic rings. The number of hydrogen-bond acceptors (Lipinski definition) is 4. The average molecular weight is 377 g/mol. The number of hydrazone groups is 1. The number of nitrogens with one attached hydrogen (secondary N) is 1. The van der Waals surface area contributed by atoms with Crippen molar-refractivity contribution >= 4 is 35.3 Å². The Morgan fingerprint density at radius 2 is 2.16 bits per heavy atom. The Hall–Kier alpha value is -2.57. The van der Waals surface area contributed by atoms with Gasteiger partial charge in [-0.1, -0.05) is 35.3 Å². The molecule has 8 heteroatoms. The topological polar surface area (TPSA) is 72.4 Å². The first kappa shape index (κ1) is 17.3. The standard InChI is InChI=1S/C17H14Cl2N4O2/c18-13-3-1-2-12(8-13)16-5-4-15(25-16)10-20-22-17(24)6-7-23-11-14(19)9-21-23/h1-5,8-11H,6-7H2,(H,22,24)/b20-10-. The fraction of sp³-hybridized carbons (Fsp3) is 0.118. The van der Waals surface area contributed by atoms with Gasteiger partial charge in [-0.05, 0) is 24.3 Å². The molecule has 0 aliphatic rings. The minimum absolute atomic E-state index is 0.232. The van der Waals surface area contributed by atoms with Gasteiger partial charge >= 0.3 is 0 Å². The number of aromatic nitrogens is 2. The number of carbonyl (C=O) groups excluding carboxylic acids is 1. The minimum atomic E-state index is -0.232. The fourth-order valence-corrected chi connectivity index (χ4v) is 2.47. The molecular weight excluding hydrogens is 363 g/mol. The molecule has 0 bridgehead atoms. The third kappa shape index (κ3) is 4.95. The smallest absolute Gasteiger partial charge is 0.241 e. The van der Waals surface area contributed by atoms with Crippen LogP contribution < -0.4 is 5.43 Å². The summed E-state index contributed by atoms with van der Waals surface area (Å²) in [6, 6.07) is 10.9. The van der Waals surface area contributed by atoms with Crippen LogP contribution in [0, 0.1) is 0 Å². The average Bonchev–Trinajstić information content (AvgIpc) is 3.22. The van der Waals surface area contributed by atoms with Gasteiger partial charge in [0, 0.05) is 29.7 Å². The van der Waals surface area contributed by atoms with Gasteiger partial charge in [-0.15, -0.1) is 0 Å². The Morgan fingerprint density at radius 3 is 2.92 bits per heavy atom. The Balaban J connectivity index is 1.51. The van der Waals surface area contributed by atoms with Crippen LogP contribution >= 0.6 is 23.2 Å². The molecule has 0 saturated heterocycles. The lowest BCUT2D eigenvalue weighted by molar-refractivity contribution is -0.121. The van der Waals surface area contributed by atoms with Gasteiger partial charge in [-0.3, -0.25) is 9.48 Å². The van der Waals surface area contributed by atoms with Crippen molar-refractivity contribution in [1.82, 2.24) is 15.2 Å². The molecule has 6 nitrogen and oxygen atoms in total. The van der Waals surface area contributed by atoms with E-state index in [2.05, 4.69) is 15.6 Å². The molecule has 0 spiro atoms. The van der Waals surface area contributed by atoms with Crippen LogP contribution in [-0.4, -0.2) is 21.9 Å². The van der Waals surface area contributed by atoms with E-state index in [1.807, 2.05) is 24.3 Å². The van der Waals surface area contributed by atoms with E-state index in [1.54, 1.807) is 23.0 Å². The van der Waals surface area contributed by atoms with Gasteiger partial charge in [0.15, 0.2) is 0 Å². The monoisotopic (exact) mass is 376 g/mol. The first-order chi connectivity index (χ1) is 12.1. The van der Waals surface area contributed by atoms with Crippen LogP contribution in [0.4, 0.5) is 0 Å². The van der Waals surface area contributed by atoms with E-state index in [-0.39, 0.29) is 12.3 Å². The molecule has 1 aromatic carbocycles. The molecule has 3 rings (SSSR count). The summed E-state index contributed by atoms with van der Waals surface area (Å²) < 4.78 is 7.24. The second kappa shape index (κ2) is 8.00. The molecule has 25 heavy (non-hydrogen) atoms. The summed E-state index contributed by atoms with van der Waals surface area (Å²) >= 11 is 11.7. The van der Waals surface area contributed by atoms with E-state index in [0.29, 0.717) is 28.1 Å². The number of furan rings is 1. The molecule has 0 aliphatic carbocycles. The molecule has 0 radical (unpaired) electrons. The van der Waals surface area contributed by atoms with Gasteiger partial charge in [0.05, 0.1) is 17.4 Å². The number of carbonyl (C=O) groups is 1. The summed E-state index contributed by atoms with van der Waals surface area (Å²) in [5.41, 5.74) is 3.31. The van der Waals surface area contributed by atoms with Crippen LogP contribution in [0.2, 0.25) is 10.0 Å². The molecule has 0 atom stereocenters. The number of halogens is 2. The van der Waals surface area contributed by atoms with Gasteiger partial charge in [-0.2, -0.15) is 10.2 Å². The third-order valence-electron chi connectivity index (χ3n) is 3.29. The Morgan fingerprint density at radius 1 is 1.28 bits per heavy atom. The highest BCUT2D eigenvalue weighted by Gasteiger charge is 2.05. The number of amides is 1. The zero-order valence-electron chi connectivity index (χ0n) is 13.0. The van der Waals surface area contributed by atoms with Crippen molar-refractivity contribution in [1.29, 1.82) is 0 Å². The van der Waals surface area contributed by atoms with Gasteiger partial charge in [0.1, 0.15) is 11.5 Å². The third-order valence-corrected chi connectivity index (χ3v) is 3.72. The first-order valence-corrected chi connectivity index (χ1v) is 8.21. The van der Waals surface area contributed by atoms with Crippen molar-refractivity contribution in [3.8, 4) is 11.3 Å². The summed E-state index contributed by atoms with van der Waals surface area (Å²) in [5, 5.41) is 9.05. The van der Waals surface area contributed by atoms with E-state index in [0.717, 1.165) is 5.56 Å². The lowest BCUT2D eigenvalue weighted by atomic mass is 10.2. The van der Waals surface area contributed by atoms with Crippen molar-refractivity contribution in [3.05, 3.63) is 64.6 Å². The normalized spacial score (nSPS) is 11.1. The summed E-state index contributed by atoms with van der Waals surface area (Å²) in [5.74, 6) is 0.962. The molecule has 2 heterocycles. The number of rotatable bonds is 6. The largest absolute Gasteiger partial charge is 0.455 e. The van der Waals surface area contributed by atoms with Gasteiger partial charge in [-0.25, -0.2) is 5.43 Å². The second-order valence-corrected chi connectivity index (χ2v) is 6.05. The summed E-state index contributed by atoms with van der Waals surface area (Å²) in [4.78, 5) is 11.7. The highest BCUT2D eigenvalue weighted by Crippen LogP contribution is 2.24. The van der Waals surface area contributed by atoms with Crippen molar-refractivity contribution in [3.63, 3.8) is 0 Å². The predicted molar refractivity (Wildman–Crippen MR) is 96.7 cm³/mol. The Kier molecular flexibility index (Phi) is 5.53. The number of benzene rings is 1. The van der Waals surface area contributed by atoms with Crippen LogP contribution in [0.25, 0.3) is 11.3 Å². The molecule has 1 amide bonds. The van der Waals surface area contributed by atoms with Gasteiger partial charge in [0.25, 0.3) is 0 Å². The van der Waals surface area contributed by atoms with Crippen LogP contribution in [0.15, 0.2) is 58.3 Å². The van der Waals surface area contributed by atoms with Crippen LogP contribution in [0.1, 0.15) is 12.2 Å². The molecule has 1 N–H and O–H groups in total. The van der Waals surface area contributed by atoms with Crippen LogP contribution in [-0.2, 0) is 11.3 Å². The molecular formula is C17H14Cl2N4O2. The second-order valence-electron chi connectivity index (χ2n) is 5.18. The fourth-order valence-electron chi connectivity index (χ4n) is 2.12. The van der Waals surface area contributed by atoms with E-state index in [1.165, 1.54) is 12.4 Å². The summed E-state index contributed by atoms with van der Waals surface area (Å²) in [6.07, 6.45) is 4.85. The maximum Gasteiger partial charge on any atom is 0.241 e. The molecule has 0 aliphatic heterocycles. The highest BCUT2D eigenvalue weighted by molar-refractivity contribution is 6.31. The number of aryl methyl sites for hydroxylation is 1. The van der Waals surface area contributed by atoms with Crippen molar-refractivity contribution in [2.45, 2.75) is 13.0 Å². The van der Waals surface area contributed by atoms with Crippen molar-refractivity contribution < 1.29 is 9.21 Å². The van der Waals surface area contributed by atoms with Crippen molar-refractivity contribution in [2.75, 3.05) is 0 Å². The van der Waals surface area contributed by atoms with Crippen LogP contribution in [0.5, 0.6) is 0 Å². The first-order valence-electron chi connectivity index (χ1n) is 7.46. The molecule has 128 valence electrons. The lowest BCUT2D eigenvalue weighted by Crippen LogP contribution is -2.19. The number of nitrogens with zero attached hydrogens (tertiary/aromatic N) is 3. The maximum absolute atomic E-state index is 11.7. The SMILES string of the molecule is O=C(CCn1cc(Cl)cn1)N/N=C\c1ccc(-c2cccc(Cl)c2)o1. The van der Waals surface area contributed by atoms with Gasteiger partial charge < -0.3 is 4.42 Å². The highest BCUT2D eigenvalue weighted by atomic mass is 35.5. The van der Waals surface area contributed by atoms with Crippen LogP contribution in [0.3, 0.4) is 0 Å². The molecule has 0 unspecified atom stereocenters. The summed E-state index contributed by atoms with van der Waals surface area (Å²) in [7, 11) is 0. The number of hydrogen-bond donors (Lipinski definition) is 1. The Labute approximate surface area is 154 Å². The zero-order valence-corrected chi connectivity index (χ0v) is 14.5.